The van der Waals surface area contributed by atoms with Crippen LogP contribution in [0.15, 0.2) is 51.7 Å². The van der Waals surface area contributed by atoms with Crippen molar-refractivity contribution in [3.05, 3.63) is 63.9 Å². The number of benzene rings is 2. The molecule has 9 heteroatoms. The van der Waals surface area contributed by atoms with Gasteiger partial charge in [-0.25, -0.2) is 9.18 Å². The molecule has 1 N–H and O–H groups in total. The minimum atomic E-state index is -1.14. The predicted octanol–water partition coefficient (Wildman–Crippen LogP) is 4.23. The van der Waals surface area contributed by atoms with E-state index in [1.807, 2.05) is 13.8 Å². The summed E-state index contributed by atoms with van der Waals surface area (Å²) in [6.45, 7) is 4.69. The minimum Gasteiger partial charge on any atom is -0.485 e. The van der Waals surface area contributed by atoms with Crippen LogP contribution in [0.2, 0.25) is 5.02 Å². The molecule has 1 fully saturated rings. The molecule has 0 unspecified atom stereocenters. The van der Waals surface area contributed by atoms with Gasteiger partial charge in [-0.15, -0.1) is 0 Å². The first-order valence-corrected chi connectivity index (χ1v) is 11.7. The van der Waals surface area contributed by atoms with Crippen LogP contribution < -0.4 is 10.5 Å². The Labute approximate surface area is 201 Å². The highest BCUT2D eigenvalue weighted by Gasteiger charge is 2.44. The van der Waals surface area contributed by atoms with Crippen molar-refractivity contribution in [1.29, 1.82) is 0 Å². The highest BCUT2D eigenvalue weighted by Crippen LogP contribution is 2.33. The van der Waals surface area contributed by atoms with E-state index in [0.717, 1.165) is 0 Å². The van der Waals surface area contributed by atoms with Crippen LogP contribution in [-0.2, 0) is 11.3 Å². The van der Waals surface area contributed by atoms with Crippen LogP contribution in [0.4, 0.5) is 4.39 Å². The lowest BCUT2D eigenvalue weighted by Gasteiger charge is -2.45. The Bertz CT molecular complexity index is 1240. The summed E-state index contributed by atoms with van der Waals surface area (Å²) in [5.41, 5.74) is -0.210. The lowest BCUT2D eigenvalue weighted by atomic mass is 9.81. The highest BCUT2D eigenvalue weighted by molar-refractivity contribution is 6.31. The summed E-state index contributed by atoms with van der Waals surface area (Å²) in [6.07, 6.45) is 0.193. The first kappa shape index (κ1) is 24.3. The molecule has 0 radical (unpaired) electrons. The Morgan fingerprint density at radius 3 is 2.85 bits per heavy atom. The maximum atomic E-state index is 13.7. The molecular weight excluding hydrogens is 463 g/mol. The number of carbonyl (C=O) groups is 1. The lowest BCUT2D eigenvalue weighted by molar-refractivity contribution is -0.148. The number of carbonyl (C=O) groups excluding carboxylic acids is 1. The third-order valence-corrected chi connectivity index (χ3v) is 6.40. The quantitative estimate of drug-likeness (QED) is 0.535. The number of hydrogen-bond acceptors (Lipinski definition) is 5. The van der Waals surface area contributed by atoms with Crippen molar-refractivity contribution in [2.45, 2.75) is 51.4 Å². The van der Waals surface area contributed by atoms with E-state index in [1.54, 1.807) is 29.2 Å². The Hall–Kier alpha value is -2.84. The normalized spacial score (nSPS) is 20.8. The molecule has 1 aliphatic rings. The number of hydrogen-bond donors (Lipinski definition) is 1. The molecule has 34 heavy (non-hydrogen) atoms. The molecule has 4 rings (SSSR count). The molecule has 7 nitrogen and oxygen atoms in total. The molecule has 2 aromatic carbocycles. The number of halogens is 2. The maximum absolute atomic E-state index is 13.7. The van der Waals surface area contributed by atoms with Gasteiger partial charge in [-0.05, 0) is 43.0 Å². The predicted molar refractivity (Wildman–Crippen MR) is 127 cm³/mol. The fraction of sp³-hybridized carbons (Fsp3) is 0.440. The maximum Gasteiger partial charge on any atom is 0.419 e. The summed E-state index contributed by atoms with van der Waals surface area (Å²) in [5, 5.41) is 11.8. The standard InChI is InChI=1S/C25H28ClFN2O5/c1-16(2)14-25(32)9-11-28(15-22(25)33-19-5-3-4-18(27)13-19)23(30)8-10-29-20-7-6-17(26)12-21(20)34-24(29)31/h3-7,12-13,16,22,32H,8-11,14-15H2,1-2H3/t22-,25+/m0/s1. The molecule has 0 aliphatic carbocycles. The smallest absolute Gasteiger partial charge is 0.419 e. The van der Waals surface area contributed by atoms with E-state index in [9.17, 15) is 19.1 Å². The van der Waals surface area contributed by atoms with Gasteiger partial charge in [0, 0.05) is 36.7 Å². The van der Waals surface area contributed by atoms with Gasteiger partial charge in [0.2, 0.25) is 5.91 Å². The van der Waals surface area contributed by atoms with Crippen LogP contribution >= 0.6 is 11.6 Å². The van der Waals surface area contributed by atoms with E-state index in [-0.39, 0.29) is 31.3 Å². The lowest BCUT2D eigenvalue weighted by Crippen LogP contribution is -2.59. The number of oxazole rings is 1. The molecule has 182 valence electrons. The van der Waals surface area contributed by atoms with Crippen LogP contribution in [-0.4, -0.2) is 45.3 Å². The van der Waals surface area contributed by atoms with Crippen molar-refractivity contribution in [3.8, 4) is 5.75 Å². The largest absolute Gasteiger partial charge is 0.485 e. The van der Waals surface area contributed by atoms with Gasteiger partial charge >= 0.3 is 5.76 Å². The zero-order chi connectivity index (χ0) is 24.5. The number of piperidine rings is 1. The Morgan fingerprint density at radius 2 is 2.12 bits per heavy atom. The average Bonchev–Trinajstić information content (AvgIpc) is 3.07. The summed E-state index contributed by atoms with van der Waals surface area (Å²) in [4.78, 5) is 26.9. The first-order chi connectivity index (χ1) is 16.1. The molecule has 1 amide bonds. The van der Waals surface area contributed by atoms with E-state index in [4.69, 9.17) is 20.8 Å². The van der Waals surface area contributed by atoms with E-state index >= 15 is 0 Å². The molecule has 1 aromatic heterocycles. The molecule has 0 saturated carbocycles. The van der Waals surface area contributed by atoms with Crippen LogP contribution in [0.3, 0.4) is 0 Å². The first-order valence-electron chi connectivity index (χ1n) is 11.4. The number of aryl methyl sites for hydroxylation is 1. The number of amides is 1. The van der Waals surface area contributed by atoms with Gasteiger partial charge in [0.05, 0.1) is 12.1 Å². The van der Waals surface area contributed by atoms with Crippen LogP contribution in [0, 0.1) is 11.7 Å². The number of aliphatic hydroxyl groups is 1. The monoisotopic (exact) mass is 490 g/mol. The topological polar surface area (TPSA) is 84.9 Å². The Kier molecular flexibility index (Phi) is 7.00. The van der Waals surface area contributed by atoms with Crippen molar-refractivity contribution in [1.82, 2.24) is 9.47 Å². The minimum absolute atomic E-state index is 0.0759. The van der Waals surface area contributed by atoms with Crippen molar-refractivity contribution in [3.63, 3.8) is 0 Å². The van der Waals surface area contributed by atoms with Gasteiger partial charge in [-0.1, -0.05) is 31.5 Å². The third kappa shape index (κ3) is 5.28. The zero-order valence-electron chi connectivity index (χ0n) is 19.2. The molecule has 1 aliphatic heterocycles. The second-order valence-electron chi connectivity index (χ2n) is 9.24. The number of aromatic nitrogens is 1. The second-order valence-corrected chi connectivity index (χ2v) is 9.67. The SMILES string of the molecule is CC(C)C[C@]1(O)CCN(C(=O)CCn2c(=O)oc3cc(Cl)ccc32)C[C@@H]1Oc1cccc(F)c1. The number of fused-ring (bicyclic) bond motifs is 1. The zero-order valence-corrected chi connectivity index (χ0v) is 19.9. The van der Waals surface area contributed by atoms with Crippen LogP contribution in [0.5, 0.6) is 5.75 Å². The number of likely N-dealkylation sites (tertiary alicyclic amines) is 1. The van der Waals surface area contributed by atoms with Crippen LogP contribution in [0.1, 0.15) is 33.1 Å². The molecule has 3 aromatic rings. The number of ether oxygens (including phenoxy) is 1. The van der Waals surface area contributed by atoms with E-state index in [2.05, 4.69) is 0 Å². The van der Waals surface area contributed by atoms with E-state index in [0.29, 0.717) is 41.3 Å². The van der Waals surface area contributed by atoms with Crippen molar-refractivity contribution >= 4 is 28.6 Å². The summed E-state index contributed by atoms with van der Waals surface area (Å²) in [7, 11) is 0. The summed E-state index contributed by atoms with van der Waals surface area (Å²) in [6, 6.07) is 10.7. The number of rotatable bonds is 7. The van der Waals surface area contributed by atoms with Gasteiger partial charge in [-0.3, -0.25) is 9.36 Å². The fourth-order valence-corrected chi connectivity index (χ4v) is 4.75. The Balaban J connectivity index is 1.48. The van der Waals surface area contributed by atoms with Gasteiger partial charge in [0.1, 0.15) is 23.3 Å². The van der Waals surface area contributed by atoms with Crippen molar-refractivity contribution in [2.75, 3.05) is 13.1 Å². The van der Waals surface area contributed by atoms with Gasteiger partial charge in [0.25, 0.3) is 0 Å². The summed E-state index contributed by atoms with van der Waals surface area (Å²) in [5.74, 6) is -0.651. The molecule has 2 atom stereocenters. The van der Waals surface area contributed by atoms with Crippen LogP contribution in [0.25, 0.3) is 11.1 Å². The van der Waals surface area contributed by atoms with Crippen molar-refractivity contribution < 1.29 is 23.4 Å². The Morgan fingerprint density at radius 1 is 1.32 bits per heavy atom. The second kappa shape index (κ2) is 9.80. The van der Waals surface area contributed by atoms with Gasteiger partial charge < -0.3 is 19.2 Å². The van der Waals surface area contributed by atoms with Gasteiger partial charge in [-0.2, -0.15) is 0 Å². The third-order valence-electron chi connectivity index (χ3n) is 6.17. The molecule has 1 saturated heterocycles. The molecule has 2 heterocycles. The number of nitrogens with zero attached hydrogens (tertiary/aromatic N) is 2. The highest BCUT2D eigenvalue weighted by atomic mass is 35.5. The van der Waals surface area contributed by atoms with Crippen molar-refractivity contribution in [2.24, 2.45) is 5.92 Å². The summed E-state index contributed by atoms with van der Waals surface area (Å²) >= 11 is 5.96. The van der Waals surface area contributed by atoms with E-state index in [1.165, 1.54) is 22.8 Å². The molecular formula is C25H28ClFN2O5. The fourth-order valence-electron chi connectivity index (χ4n) is 4.59. The molecule has 0 bridgehead atoms. The van der Waals surface area contributed by atoms with Gasteiger partial charge in [0.15, 0.2) is 5.58 Å². The summed E-state index contributed by atoms with van der Waals surface area (Å²) < 4.78 is 26.3. The average molecular weight is 491 g/mol. The van der Waals surface area contributed by atoms with E-state index < -0.39 is 23.3 Å². The molecule has 0 spiro atoms.